The summed E-state index contributed by atoms with van der Waals surface area (Å²) >= 11 is 1.67. The summed E-state index contributed by atoms with van der Waals surface area (Å²) in [4.78, 5) is 27.3. The SMILES string of the molecule is O=C1OCCN1C(=O)[C@H]1CSC(c2ccccc2)=C[C@H]1c1ccccc1. The molecule has 2 amide bonds. The highest BCUT2D eigenvalue weighted by atomic mass is 32.2. The molecule has 0 saturated carbocycles. The van der Waals surface area contributed by atoms with Gasteiger partial charge in [0.05, 0.1) is 12.5 Å². The maximum atomic E-state index is 13.0. The molecule has 0 bridgehead atoms. The van der Waals surface area contributed by atoms with Crippen LogP contribution in [0, 0.1) is 5.92 Å². The summed E-state index contributed by atoms with van der Waals surface area (Å²) in [7, 11) is 0. The van der Waals surface area contributed by atoms with Gasteiger partial charge in [0.25, 0.3) is 0 Å². The molecule has 1 saturated heterocycles. The van der Waals surface area contributed by atoms with E-state index < -0.39 is 6.09 Å². The molecular formula is C21H19NO3S. The van der Waals surface area contributed by atoms with Crippen LogP contribution in [0.15, 0.2) is 66.7 Å². The first kappa shape index (κ1) is 16.9. The first-order valence-corrected chi connectivity index (χ1v) is 9.66. The molecule has 26 heavy (non-hydrogen) atoms. The summed E-state index contributed by atoms with van der Waals surface area (Å²) in [6, 6.07) is 20.2. The largest absolute Gasteiger partial charge is 0.447 e. The van der Waals surface area contributed by atoms with E-state index in [1.807, 2.05) is 48.5 Å². The molecule has 0 aromatic heterocycles. The number of allylic oxidation sites excluding steroid dienone is 1. The molecule has 4 rings (SSSR count). The van der Waals surface area contributed by atoms with Gasteiger partial charge in [0, 0.05) is 16.6 Å². The number of hydrogen-bond acceptors (Lipinski definition) is 4. The number of rotatable bonds is 3. The molecule has 2 atom stereocenters. The number of hydrogen-bond donors (Lipinski definition) is 0. The van der Waals surface area contributed by atoms with E-state index in [1.54, 1.807) is 11.8 Å². The third-order valence-electron chi connectivity index (χ3n) is 4.77. The zero-order chi connectivity index (χ0) is 17.9. The van der Waals surface area contributed by atoms with Gasteiger partial charge in [0.2, 0.25) is 5.91 Å². The van der Waals surface area contributed by atoms with Gasteiger partial charge in [-0.25, -0.2) is 9.69 Å². The lowest BCUT2D eigenvalue weighted by atomic mass is 9.85. The first-order valence-electron chi connectivity index (χ1n) is 8.67. The number of cyclic esters (lactones) is 1. The number of imide groups is 1. The molecule has 4 nitrogen and oxygen atoms in total. The Kier molecular flexibility index (Phi) is 4.80. The Morgan fingerprint density at radius 1 is 1.04 bits per heavy atom. The van der Waals surface area contributed by atoms with Crippen LogP contribution in [0.4, 0.5) is 4.79 Å². The summed E-state index contributed by atoms with van der Waals surface area (Å²) in [5.74, 6) is 0.161. The van der Waals surface area contributed by atoms with E-state index in [2.05, 4.69) is 18.2 Å². The summed E-state index contributed by atoms with van der Waals surface area (Å²) in [6.45, 7) is 0.626. The minimum Gasteiger partial charge on any atom is -0.447 e. The van der Waals surface area contributed by atoms with Gasteiger partial charge in [-0.3, -0.25) is 4.79 Å². The average Bonchev–Trinajstić information content (AvgIpc) is 3.14. The van der Waals surface area contributed by atoms with Crippen LogP contribution in [0.2, 0.25) is 0 Å². The average molecular weight is 365 g/mol. The molecule has 0 N–H and O–H groups in total. The fourth-order valence-corrected chi connectivity index (χ4v) is 4.67. The first-order chi connectivity index (χ1) is 12.7. The van der Waals surface area contributed by atoms with Crippen molar-refractivity contribution >= 4 is 28.7 Å². The quantitative estimate of drug-likeness (QED) is 0.820. The van der Waals surface area contributed by atoms with Crippen LogP contribution in [-0.4, -0.2) is 35.8 Å². The van der Waals surface area contributed by atoms with E-state index in [1.165, 1.54) is 9.81 Å². The molecule has 0 aliphatic carbocycles. The van der Waals surface area contributed by atoms with Gasteiger partial charge in [-0.05, 0) is 11.1 Å². The van der Waals surface area contributed by atoms with Crippen molar-refractivity contribution in [3.05, 3.63) is 77.9 Å². The topological polar surface area (TPSA) is 46.6 Å². The van der Waals surface area contributed by atoms with Gasteiger partial charge in [0.1, 0.15) is 6.61 Å². The Morgan fingerprint density at radius 3 is 2.38 bits per heavy atom. The van der Waals surface area contributed by atoms with E-state index in [0.29, 0.717) is 12.3 Å². The highest BCUT2D eigenvalue weighted by Gasteiger charge is 2.39. The van der Waals surface area contributed by atoms with Crippen molar-refractivity contribution in [2.24, 2.45) is 5.92 Å². The van der Waals surface area contributed by atoms with Crippen molar-refractivity contribution in [1.29, 1.82) is 0 Å². The van der Waals surface area contributed by atoms with Crippen LogP contribution in [-0.2, 0) is 9.53 Å². The zero-order valence-electron chi connectivity index (χ0n) is 14.2. The van der Waals surface area contributed by atoms with Crippen molar-refractivity contribution in [2.45, 2.75) is 5.92 Å². The Bertz CT molecular complexity index is 835. The molecule has 1 fully saturated rings. The molecule has 2 aromatic rings. The van der Waals surface area contributed by atoms with Gasteiger partial charge in [-0.1, -0.05) is 66.7 Å². The van der Waals surface area contributed by atoms with Gasteiger partial charge in [-0.2, -0.15) is 0 Å². The second-order valence-corrected chi connectivity index (χ2v) is 7.42. The van der Waals surface area contributed by atoms with Crippen LogP contribution in [0.3, 0.4) is 0 Å². The number of carbonyl (C=O) groups excluding carboxylic acids is 2. The monoisotopic (exact) mass is 365 g/mol. The normalized spacial score (nSPS) is 22.7. The summed E-state index contributed by atoms with van der Waals surface area (Å²) in [5.41, 5.74) is 2.25. The van der Waals surface area contributed by atoms with Gasteiger partial charge in [-0.15, -0.1) is 11.8 Å². The predicted molar refractivity (Wildman–Crippen MR) is 103 cm³/mol. The maximum Gasteiger partial charge on any atom is 0.416 e. The number of amides is 2. The minimum atomic E-state index is -0.523. The third kappa shape index (κ3) is 3.27. The smallest absolute Gasteiger partial charge is 0.416 e. The summed E-state index contributed by atoms with van der Waals surface area (Å²) in [6.07, 6.45) is 1.65. The molecule has 5 heteroatoms. The predicted octanol–water partition coefficient (Wildman–Crippen LogP) is 4.15. The van der Waals surface area contributed by atoms with E-state index in [-0.39, 0.29) is 24.3 Å². The molecular weight excluding hydrogens is 346 g/mol. The standard InChI is InChI=1S/C21H19NO3S/c23-20(22-11-12-25-21(22)24)18-14-26-19(16-9-5-2-6-10-16)13-17(18)15-7-3-1-4-8-15/h1-10,13,17-18H,11-12,14H2/t17-,18-/m0/s1. The highest BCUT2D eigenvalue weighted by molar-refractivity contribution is 8.08. The third-order valence-corrected chi connectivity index (χ3v) is 5.98. The van der Waals surface area contributed by atoms with Gasteiger partial charge in [0.15, 0.2) is 0 Å². The van der Waals surface area contributed by atoms with Crippen molar-refractivity contribution in [3.8, 4) is 0 Å². The number of benzene rings is 2. The number of ether oxygens (including phenoxy) is 1. The van der Waals surface area contributed by atoms with Crippen molar-refractivity contribution in [2.75, 3.05) is 18.9 Å². The van der Waals surface area contributed by atoms with Crippen molar-refractivity contribution in [3.63, 3.8) is 0 Å². The van der Waals surface area contributed by atoms with E-state index >= 15 is 0 Å². The number of nitrogens with zero attached hydrogens (tertiary/aromatic N) is 1. The van der Waals surface area contributed by atoms with Crippen LogP contribution < -0.4 is 0 Å². The highest BCUT2D eigenvalue weighted by Crippen LogP contribution is 2.43. The molecule has 132 valence electrons. The van der Waals surface area contributed by atoms with E-state index in [0.717, 1.165) is 11.1 Å². The number of thioether (sulfide) groups is 1. The van der Waals surface area contributed by atoms with Gasteiger partial charge >= 0.3 is 6.09 Å². The molecule has 0 spiro atoms. The van der Waals surface area contributed by atoms with E-state index in [9.17, 15) is 9.59 Å². The fraction of sp³-hybridized carbons (Fsp3) is 0.238. The lowest BCUT2D eigenvalue weighted by Gasteiger charge is -2.31. The maximum absolute atomic E-state index is 13.0. The van der Waals surface area contributed by atoms with Crippen LogP contribution in [0.5, 0.6) is 0 Å². The van der Waals surface area contributed by atoms with Crippen molar-refractivity contribution < 1.29 is 14.3 Å². The minimum absolute atomic E-state index is 0.0615. The Hall–Kier alpha value is -2.53. The Labute approximate surface area is 156 Å². The second kappa shape index (κ2) is 7.38. The lowest BCUT2D eigenvalue weighted by molar-refractivity contribution is -0.131. The molecule has 2 aliphatic rings. The van der Waals surface area contributed by atoms with Crippen LogP contribution in [0.1, 0.15) is 17.0 Å². The number of carbonyl (C=O) groups is 2. The summed E-state index contributed by atoms with van der Waals surface area (Å²) < 4.78 is 4.95. The van der Waals surface area contributed by atoms with Gasteiger partial charge < -0.3 is 4.74 Å². The van der Waals surface area contributed by atoms with E-state index in [4.69, 9.17) is 4.74 Å². The zero-order valence-corrected chi connectivity index (χ0v) is 15.0. The summed E-state index contributed by atoms with van der Waals surface area (Å²) in [5, 5.41) is 0. The Balaban J connectivity index is 1.69. The van der Waals surface area contributed by atoms with Crippen LogP contribution >= 0.6 is 11.8 Å². The lowest BCUT2D eigenvalue weighted by Crippen LogP contribution is -2.40. The molecule has 0 unspecified atom stereocenters. The fourth-order valence-electron chi connectivity index (χ4n) is 3.42. The second-order valence-electron chi connectivity index (χ2n) is 6.36. The molecule has 0 radical (unpaired) electrons. The van der Waals surface area contributed by atoms with Crippen LogP contribution in [0.25, 0.3) is 4.91 Å². The Morgan fingerprint density at radius 2 is 1.73 bits per heavy atom. The van der Waals surface area contributed by atoms with Crippen molar-refractivity contribution in [1.82, 2.24) is 4.90 Å². The molecule has 2 heterocycles. The molecule has 2 aliphatic heterocycles. The molecule has 2 aromatic carbocycles.